The van der Waals surface area contributed by atoms with Crippen LogP contribution in [0, 0.1) is 5.41 Å². The van der Waals surface area contributed by atoms with E-state index in [1.54, 1.807) is 0 Å². The summed E-state index contributed by atoms with van der Waals surface area (Å²) in [7, 11) is 0. The highest BCUT2D eigenvalue weighted by Gasteiger charge is 2.25. The number of carbonyl (C=O) groups excluding carboxylic acids is 1. The van der Waals surface area contributed by atoms with Crippen molar-refractivity contribution in [2.45, 2.75) is 27.3 Å². The highest BCUT2D eigenvalue weighted by atomic mass is 16.1. The summed E-state index contributed by atoms with van der Waals surface area (Å²) in [5.74, 6) is 0.244. The van der Waals surface area contributed by atoms with Crippen LogP contribution in [0.2, 0.25) is 0 Å². The molecule has 0 amide bonds. The van der Waals surface area contributed by atoms with Gasteiger partial charge in [-0.05, 0) is 22.9 Å². The number of ketones is 1. The summed E-state index contributed by atoms with van der Waals surface area (Å²) in [6, 6.07) is 16.7. The van der Waals surface area contributed by atoms with Gasteiger partial charge in [-0.3, -0.25) is 4.79 Å². The fourth-order valence-electron chi connectivity index (χ4n) is 2.56. The molecule has 0 aliphatic heterocycles. The molecule has 0 spiro atoms. The molecule has 0 N–H and O–H groups in total. The maximum atomic E-state index is 12.3. The number of pyridine rings is 1. The van der Waals surface area contributed by atoms with Crippen molar-refractivity contribution in [2.75, 3.05) is 0 Å². The van der Waals surface area contributed by atoms with Gasteiger partial charge in [-0.2, -0.15) is 4.57 Å². The fraction of sp³-hybridized carbons (Fsp3) is 0.263. The Morgan fingerprint density at radius 2 is 1.67 bits per heavy atom. The number of carbonyl (C=O) groups is 1. The van der Waals surface area contributed by atoms with Gasteiger partial charge in [-0.15, -0.1) is 0 Å². The number of nitrogens with zero attached hydrogens (tertiary/aromatic N) is 1. The van der Waals surface area contributed by atoms with Gasteiger partial charge in [-0.25, -0.2) is 0 Å². The van der Waals surface area contributed by atoms with Crippen LogP contribution < -0.4 is 4.57 Å². The molecular weight excluding hydrogens is 258 g/mol. The second kappa shape index (κ2) is 4.96. The Bertz CT molecular complexity index is 828. The minimum Gasteiger partial charge on any atom is -0.292 e. The van der Waals surface area contributed by atoms with Gasteiger partial charge in [0, 0.05) is 17.5 Å². The van der Waals surface area contributed by atoms with Crippen molar-refractivity contribution in [1.82, 2.24) is 0 Å². The molecule has 1 aromatic heterocycles. The molecule has 2 nitrogen and oxygen atoms in total. The van der Waals surface area contributed by atoms with E-state index in [9.17, 15) is 4.79 Å². The summed E-state index contributed by atoms with van der Waals surface area (Å²) in [5.41, 5.74) is 0.792. The SMILES string of the molecule is CC(C)(C)C(=O)C[n+]1cccc2c3ccccc3ccc21. The molecule has 0 bridgehead atoms. The van der Waals surface area contributed by atoms with E-state index >= 15 is 0 Å². The quantitative estimate of drug-likeness (QED) is 0.514. The number of benzene rings is 2. The van der Waals surface area contributed by atoms with Gasteiger partial charge >= 0.3 is 0 Å². The Balaban J connectivity index is 2.17. The Labute approximate surface area is 125 Å². The minimum absolute atomic E-state index is 0.244. The molecule has 1 heterocycles. The van der Waals surface area contributed by atoms with Crippen LogP contribution in [0.3, 0.4) is 0 Å². The van der Waals surface area contributed by atoms with Crippen molar-refractivity contribution in [3.8, 4) is 0 Å². The first-order chi connectivity index (χ1) is 9.97. The summed E-state index contributed by atoms with van der Waals surface area (Å²) < 4.78 is 2.05. The Morgan fingerprint density at radius 3 is 2.43 bits per heavy atom. The summed E-state index contributed by atoms with van der Waals surface area (Å²) in [5, 5.41) is 3.65. The van der Waals surface area contributed by atoms with Crippen LogP contribution in [-0.2, 0) is 11.3 Å². The Hall–Kier alpha value is -2.22. The van der Waals surface area contributed by atoms with Gasteiger partial charge in [-0.1, -0.05) is 45.0 Å². The fourth-order valence-corrected chi connectivity index (χ4v) is 2.56. The zero-order valence-electron chi connectivity index (χ0n) is 12.8. The highest BCUT2D eigenvalue weighted by Crippen LogP contribution is 2.23. The standard InChI is InChI=1S/C19H20NO/c1-19(2,3)18(21)13-20-12-6-9-16-15-8-5-4-7-14(15)10-11-17(16)20/h4-12H,13H2,1-3H3/q+1. The van der Waals surface area contributed by atoms with E-state index in [1.165, 1.54) is 16.2 Å². The van der Waals surface area contributed by atoms with E-state index < -0.39 is 0 Å². The first kappa shape index (κ1) is 13.7. The van der Waals surface area contributed by atoms with Crippen molar-refractivity contribution in [1.29, 1.82) is 0 Å². The Kier molecular flexibility index (Phi) is 3.25. The molecule has 106 valence electrons. The number of fused-ring (bicyclic) bond motifs is 3. The lowest BCUT2D eigenvalue weighted by atomic mass is 9.90. The van der Waals surface area contributed by atoms with Crippen LogP contribution in [0.1, 0.15) is 20.8 Å². The van der Waals surface area contributed by atoms with E-state index in [-0.39, 0.29) is 11.2 Å². The summed E-state index contributed by atoms with van der Waals surface area (Å²) in [6.45, 7) is 6.32. The number of Topliss-reactive ketones (excluding diaryl/α,β-unsaturated/α-hetero) is 1. The van der Waals surface area contributed by atoms with Crippen molar-refractivity contribution >= 4 is 27.5 Å². The van der Waals surface area contributed by atoms with Crippen molar-refractivity contribution < 1.29 is 9.36 Å². The molecule has 0 saturated heterocycles. The monoisotopic (exact) mass is 278 g/mol. The first-order valence-corrected chi connectivity index (χ1v) is 7.30. The molecule has 3 aromatic rings. The summed E-state index contributed by atoms with van der Waals surface area (Å²) >= 11 is 0. The van der Waals surface area contributed by atoms with Crippen molar-refractivity contribution in [2.24, 2.45) is 5.41 Å². The average molecular weight is 278 g/mol. The lowest BCUT2D eigenvalue weighted by Crippen LogP contribution is -2.42. The molecule has 0 radical (unpaired) electrons. The molecule has 0 aliphatic rings. The second-order valence-electron chi connectivity index (χ2n) is 6.53. The molecule has 0 atom stereocenters. The van der Waals surface area contributed by atoms with Gasteiger partial charge in [0.1, 0.15) is 0 Å². The minimum atomic E-state index is -0.313. The number of aromatic nitrogens is 1. The largest absolute Gasteiger partial charge is 0.292 e. The van der Waals surface area contributed by atoms with E-state index in [0.717, 1.165) is 5.52 Å². The van der Waals surface area contributed by atoms with Crippen LogP contribution in [-0.4, -0.2) is 5.78 Å². The summed E-state index contributed by atoms with van der Waals surface area (Å²) in [4.78, 5) is 12.3. The first-order valence-electron chi connectivity index (χ1n) is 7.30. The number of hydrogen-bond acceptors (Lipinski definition) is 1. The van der Waals surface area contributed by atoms with Crippen LogP contribution in [0.25, 0.3) is 21.7 Å². The van der Waals surface area contributed by atoms with E-state index in [0.29, 0.717) is 6.54 Å². The Morgan fingerprint density at radius 1 is 0.952 bits per heavy atom. The third-order valence-electron chi connectivity index (χ3n) is 3.94. The zero-order chi connectivity index (χ0) is 15.0. The topological polar surface area (TPSA) is 20.9 Å². The predicted molar refractivity (Wildman–Crippen MR) is 86.1 cm³/mol. The molecule has 0 saturated carbocycles. The molecule has 0 unspecified atom stereocenters. The number of hydrogen-bond donors (Lipinski definition) is 0. The number of rotatable bonds is 2. The van der Waals surface area contributed by atoms with Crippen molar-refractivity contribution in [3.05, 3.63) is 54.7 Å². The second-order valence-corrected chi connectivity index (χ2v) is 6.53. The normalized spacial score (nSPS) is 12.0. The average Bonchev–Trinajstić information content (AvgIpc) is 2.46. The van der Waals surface area contributed by atoms with Crippen LogP contribution in [0.5, 0.6) is 0 Å². The van der Waals surface area contributed by atoms with E-state index in [1.807, 2.05) is 39.1 Å². The molecular formula is C19H20NO+. The maximum Gasteiger partial charge on any atom is 0.213 e. The van der Waals surface area contributed by atoms with Crippen LogP contribution >= 0.6 is 0 Å². The van der Waals surface area contributed by atoms with Gasteiger partial charge in [0.05, 0.1) is 5.39 Å². The molecule has 0 fully saturated rings. The highest BCUT2D eigenvalue weighted by molar-refractivity contribution is 6.05. The van der Waals surface area contributed by atoms with Crippen molar-refractivity contribution in [3.63, 3.8) is 0 Å². The maximum absolute atomic E-state index is 12.3. The summed E-state index contributed by atoms with van der Waals surface area (Å²) in [6.07, 6.45) is 1.99. The van der Waals surface area contributed by atoms with E-state index in [2.05, 4.69) is 41.0 Å². The molecule has 2 heteroatoms. The molecule has 21 heavy (non-hydrogen) atoms. The molecule has 0 aliphatic carbocycles. The van der Waals surface area contributed by atoms with Crippen LogP contribution in [0.15, 0.2) is 54.7 Å². The van der Waals surface area contributed by atoms with Gasteiger partial charge < -0.3 is 0 Å². The molecule has 2 aromatic carbocycles. The molecule has 3 rings (SSSR count). The van der Waals surface area contributed by atoms with Gasteiger partial charge in [0.2, 0.25) is 17.8 Å². The smallest absolute Gasteiger partial charge is 0.213 e. The van der Waals surface area contributed by atoms with E-state index in [4.69, 9.17) is 0 Å². The van der Waals surface area contributed by atoms with Gasteiger partial charge in [0.25, 0.3) is 0 Å². The van der Waals surface area contributed by atoms with Crippen LogP contribution in [0.4, 0.5) is 0 Å². The zero-order valence-corrected chi connectivity index (χ0v) is 12.8. The van der Waals surface area contributed by atoms with Gasteiger partial charge in [0.15, 0.2) is 6.20 Å². The predicted octanol–water partition coefficient (Wildman–Crippen LogP) is 3.90. The third kappa shape index (κ3) is 2.54. The lowest BCUT2D eigenvalue weighted by Gasteiger charge is -2.14. The third-order valence-corrected chi connectivity index (χ3v) is 3.94. The lowest BCUT2D eigenvalue weighted by molar-refractivity contribution is -0.658.